The number of aryl methyl sites for hydroxylation is 1. The Bertz CT molecular complexity index is 494. The molecule has 0 amide bonds. The highest BCUT2D eigenvalue weighted by atomic mass is 35.5. The zero-order valence-corrected chi connectivity index (χ0v) is 10.0. The molecule has 16 heavy (non-hydrogen) atoms. The van der Waals surface area contributed by atoms with Crippen LogP contribution in [0.4, 0.5) is 0 Å². The fraction of sp³-hybridized carbons (Fsp3) is 0.250. The quantitative estimate of drug-likeness (QED) is 0.888. The Morgan fingerprint density at radius 1 is 1.44 bits per heavy atom. The van der Waals surface area contributed by atoms with E-state index < -0.39 is 0 Å². The first-order valence-corrected chi connectivity index (χ1v) is 5.50. The SMILES string of the molecule is CCc1ccc(OC)c(-c2cnc(Cl)[nH]2)c1. The van der Waals surface area contributed by atoms with Gasteiger partial charge in [-0.05, 0) is 35.7 Å². The van der Waals surface area contributed by atoms with Crippen LogP contribution in [0.15, 0.2) is 24.4 Å². The smallest absolute Gasteiger partial charge is 0.200 e. The molecule has 0 aliphatic heterocycles. The van der Waals surface area contributed by atoms with Crippen LogP contribution in [-0.2, 0) is 6.42 Å². The minimum atomic E-state index is 0.388. The van der Waals surface area contributed by atoms with Crippen LogP contribution in [0.25, 0.3) is 11.3 Å². The highest BCUT2D eigenvalue weighted by Gasteiger charge is 2.08. The molecule has 0 aliphatic carbocycles. The summed E-state index contributed by atoms with van der Waals surface area (Å²) in [6.45, 7) is 2.12. The van der Waals surface area contributed by atoms with E-state index in [-0.39, 0.29) is 0 Å². The summed E-state index contributed by atoms with van der Waals surface area (Å²) in [5, 5.41) is 0.388. The number of hydrogen-bond donors (Lipinski definition) is 1. The Hall–Kier alpha value is -1.48. The first-order chi connectivity index (χ1) is 7.74. The molecule has 1 heterocycles. The van der Waals surface area contributed by atoms with Crippen molar-refractivity contribution in [1.82, 2.24) is 9.97 Å². The van der Waals surface area contributed by atoms with Gasteiger partial charge < -0.3 is 9.72 Å². The number of aromatic nitrogens is 2. The molecule has 0 fully saturated rings. The number of halogens is 1. The standard InChI is InChI=1S/C12H13ClN2O/c1-3-8-4-5-11(16-2)9(6-8)10-7-14-12(13)15-10/h4-7H,3H2,1-2H3,(H,14,15). The molecule has 0 saturated carbocycles. The maximum absolute atomic E-state index is 5.77. The van der Waals surface area contributed by atoms with E-state index in [9.17, 15) is 0 Å². The van der Waals surface area contributed by atoms with Gasteiger partial charge >= 0.3 is 0 Å². The Morgan fingerprint density at radius 3 is 2.81 bits per heavy atom. The van der Waals surface area contributed by atoms with Crippen LogP contribution in [0.5, 0.6) is 5.75 Å². The van der Waals surface area contributed by atoms with Crippen LogP contribution in [0.1, 0.15) is 12.5 Å². The fourth-order valence-electron chi connectivity index (χ4n) is 1.62. The molecule has 0 saturated heterocycles. The van der Waals surface area contributed by atoms with E-state index in [4.69, 9.17) is 16.3 Å². The van der Waals surface area contributed by atoms with Gasteiger partial charge in [0.2, 0.25) is 0 Å². The van der Waals surface area contributed by atoms with Crippen molar-refractivity contribution in [3.63, 3.8) is 0 Å². The van der Waals surface area contributed by atoms with Crippen molar-refractivity contribution in [1.29, 1.82) is 0 Å². The molecule has 0 spiro atoms. The third-order valence-corrected chi connectivity index (χ3v) is 2.70. The van der Waals surface area contributed by atoms with Crippen molar-refractivity contribution in [3.8, 4) is 17.0 Å². The van der Waals surface area contributed by atoms with Gasteiger partial charge in [0, 0.05) is 5.56 Å². The predicted octanol–water partition coefficient (Wildman–Crippen LogP) is 3.30. The van der Waals surface area contributed by atoms with Gasteiger partial charge in [-0.25, -0.2) is 4.98 Å². The molecular formula is C12H13ClN2O. The van der Waals surface area contributed by atoms with Crippen molar-refractivity contribution >= 4 is 11.6 Å². The van der Waals surface area contributed by atoms with Gasteiger partial charge in [-0.2, -0.15) is 0 Å². The first-order valence-electron chi connectivity index (χ1n) is 5.12. The Labute approximate surface area is 99.4 Å². The lowest BCUT2D eigenvalue weighted by molar-refractivity contribution is 0.416. The lowest BCUT2D eigenvalue weighted by Crippen LogP contribution is -1.90. The van der Waals surface area contributed by atoms with E-state index in [0.29, 0.717) is 5.28 Å². The second-order valence-electron chi connectivity index (χ2n) is 3.48. The third-order valence-electron chi connectivity index (χ3n) is 2.51. The molecule has 2 aromatic rings. The Morgan fingerprint density at radius 2 is 2.25 bits per heavy atom. The average molecular weight is 237 g/mol. The predicted molar refractivity (Wildman–Crippen MR) is 65.0 cm³/mol. The maximum atomic E-state index is 5.77. The number of H-pyrrole nitrogens is 1. The summed E-state index contributed by atoms with van der Waals surface area (Å²) in [6, 6.07) is 6.10. The second-order valence-corrected chi connectivity index (χ2v) is 3.83. The van der Waals surface area contributed by atoms with Gasteiger partial charge in [-0.3, -0.25) is 0 Å². The number of aromatic amines is 1. The van der Waals surface area contributed by atoms with E-state index in [2.05, 4.69) is 29.0 Å². The highest BCUT2D eigenvalue weighted by Crippen LogP contribution is 2.30. The van der Waals surface area contributed by atoms with Gasteiger partial charge in [0.1, 0.15) is 5.75 Å². The molecule has 1 N–H and O–H groups in total. The van der Waals surface area contributed by atoms with Gasteiger partial charge in [-0.15, -0.1) is 0 Å². The Kier molecular flexibility index (Phi) is 3.15. The summed E-state index contributed by atoms with van der Waals surface area (Å²) >= 11 is 5.77. The van der Waals surface area contributed by atoms with Gasteiger partial charge in [0.25, 0.3) is 0 Å². The molecule has 0 bridgehead atoms. The molecule has 0 unspecified atom stereocenters. The molecule has 1 aromatic carbocycles. The van der Waals surface area contributed by atoms with Crippen molar-refractivity contribution in [2.24, 2.45) is 0 Å². The summed E-state index contributed by atoms with van der Waals surface area (Å²) in [7, 11) is 1.66. The van der Waals surface area contributed by atoms with Crippen LogP contribution in [0, 0.1) is 0 Å². The zero-order valence-electron chi connectivity index (χ0n) is 9.25. The summed E-state index contributed by atoms with van der Waals surface area (Å²) in [5.41, 5.74) is 3.11. The largest absolute Gasteiger partial charge is 0.496 e. The number of hydrogen-bond acceptors (Lipinski definition) is 2. The molecule has 0 atom stereocenters. The van der Waals surface area contributed by atoms with Crippen LogP contribution in [0.3, 0.4) is 0 Å². The number of imidazole rings is 1. The molecule has 84 valence electrons. The van der Waals surface area contributed by atoms with Gasteiger partial charge in [-0.1, -0.05) is 13.0 Å². The van der Waals surface area contributed by atoms with Gasteiger partial charge in [0.15, 0.2) is 5.28 Å². The van der Waals surface area contributed by atoms with Crippen LogP contribution in [-0.4, -0.2) is 17.1 Å². The first kappa shape index (κ1) is 11.0. The number of nitrogens with zero attached hydrogens (tertiary/aromatic N) is 1. The minimum Gasteiger partial charge on any atom is -0.496 e. The number of ether oxygens (including phenoxy) is 1. The number of methoxy groups -OCH3 is 1. The number of benzene rings is 1. The topological polar surface area (TPSA) is 37.9 Å². The van der Waals surface area contributed by atoms with Crippen LogP contribution >= 0.6 is 11.6 Å². The van der Waals surface area contributed by atoms with E-state index in [1.807, 2.05) is 6.07 Å². The average Bonchev–Trinajstić information content (AvgIpc) is 2.75. The molecular weight excluding hydrogens is 224 g/mol. The van der Waals surface area contributed by atoms with Crippen molar-refractivity contribution in [3.05, 3.63) is 35.2 Å². The lowest BCUT2D eigenvalue weighted by atomic mass is 10.1. The molecule has 1 aromatic heterocycles. The monoisotopic (exact) mass is 236 g/mol. The molecule has 3 nitrogen and oxygen atoms in total. The third kappa shape index (κ3) is 2.04. The summed E-state index contributed by atoms with van der Waals surface area (Å²) < 4.78 is 5.32. The van der Waals surface area contributed by atoms with Crippen molar-refractivity contribution in [2.75, 3.05) is 7.11 Å². The summed E-state index contributed by atoms with van der Waals surface area (Å²) in [4.78, 5) is 6.97. The van der Waals surface area contributed by atoms with Crippen molar-refractivity contribution in [2.45, 2.75) is 13.3 Å². The zero-order chi connectivity index (χ0) is 11.5. The maximum Gasteiger partial charge on any atom is 0.200 e. The van der Waals surface area contributed by atoms with Crippen LogP contribution < -0.4 is 4.74 Å². The molecule has 4 heteroatoms. The lowest BCUT2D eigenvalue weighted by Gasteiger charge is -2.08. The van der Waals surface area contributed by atoms with Crippen LogP contribution in [0.2, 0.25) is 5.28 Å². The molecule has 0 aliphatic rings. The van der Waals surface area contributed by atoms with E-state index in [0.717, 1.165) is 23.4 Å². The van der Waals surface area contributed by atoms with E-state index in [1.54, 1.807) is 13.3 Å². The van der Waals surface area contributed by atoms with E-state index >= 15 is 0 Å². The fourth-order valence-corrected chi connectivity index (χ4v) is 1.77. The molecule has 2 rings (SSSR count). The summed E-state index contributed by atoms with van der Waals surface area (Å²) in [6.07, 6.45) is 2.69. The van der Waals surface area contributed by atoms with Crippen molar-refractivity contribution < 1.29 is 4.74 Å². The van der Waals surface area contributed by atoms with Gasteiger partial charge in [0.05, 0.1) is 19.0 Å². The summed E-state index contributed by atoms with van der Waals surface area (Å²) in [5.74, 6) is 0.817. The second kappa shape index (κ2) is 4.58. The molecule has 0 radical (unpaired) electrons. The number of nitrogens with one attached hydrogen (secondary N) is 1. The van der Waals surface area contributed by atoms with E-state index in [1.165, 1.54) is 5.56 Å². The minimum absolute atomic E-state index is 0.388. The number of rotatable bonds is 3. The highest BCUT2D eigenvalue weighted by molar-refractivity contribution is 6.28. The normalized spacial score (nSPS) is 10.4. The Balaban J connectivity index is 2.52.